The van der Waals surface area contributed by atoms with Crippen LogP contribution in [-0.4, -0.2) is 12.2 Å². The third-order valence-corrected chi connectivity index (χ3v) is 3.20. The van der Waals surface area contributed by atoms with Gasteiger partial charge in [0.05, 0.1) is 7.11 Å². The van der Waals surface area contributed by atoms with E-state index in [-0.39, 0.29) is 5.75 Å². The van der Waals surface area contributed by atoms with Crippen LogP contribution in [0.2, 0.25) is 0 Å². The molecule has 0 aliphatic heterocycles. The molecule has 0 saturated heterocycles. The fourth-order valence-corrected chi connectivity index (χ4v) is 1.86. The number of phenolic OH excluding ortho intramolecular Hbond substituents is 1. The van der Waals surface area contributed by atoms with Crippen LogP contribution in [0.15, 0.2) is 36.4 Å². The van der Waals surface area contributed by atoms with Gasteiger partial charge in [-0.25, -0.2) is 0 Å². The predicted molar refractivity (Wildman–Crippen MR) is 79.5 cm³/mol. The summed E-state index contributed by atoms with van der Waals surface area (Å²) in [5.74, 6) is 0.646. The Labute approximate surface area is 114 Å². The van der Waals surface area contributed by atoms with E-state index in [1.807, 2.05) is 18.2 Å². The Kier molecular flexibility index (Phi) is 3.91. The Morgan fingerprint density at radius 3 is 2.16 bits per heavy atom. The normalized spacial score (nSPS) is 10.9. The van der Waals surface area contributed by atoms with E-state index in [4.69, 9.17) is 4.74 Å². The quantitative estimate of drug-likeness (QED) is 0.832. The molecule has 2 aromatic rings. The molecule has 0 aliphatic rings. The first-order chi connectivity index (χ1) is 9.10. The lowest BCUT2D eigenvalue weighted by atomic mass is 10.1. The van der Waals surface area contributed by atoms with Crippen molar-refractivity contribution in [3.05, 3.63) is 58.7 Å². The summed E-state index contributed by atoms with van der Waals surface area (Å²) >= 11 is 0. The number of aryl methyl sites for hydroxylation is 2. The van der Waals surface area contributed by atoms with Crippen LogP contribution in [0.5, 0.6) is 11.5 Å². The van der Waals surface area contributed by atoms with Gasteiger partial charge in [0.1, 0.15) is 0 Å². The molecule has 2 aromatic carbocycles. The molecular weight excluding hydrogens is 236 g/mol. The number of benzene rings is 2. The molecular formula is C17H18O2. The fraction of sp³-hybridized carbons (Fsp3) is 0.176. The fourth-order valence-electron chi connectivity index (χ4n) is 1.86. The highest BCUT2D eigenvalue weighted by Crippen LogP contribution is 2.27. The molecule has 19 heavy (non-hydrogen) atoms. The summed E-state index contributed by atoms with van der Waals surface area (Å²) in [7, 11) is 1.55. The van der Waals surface area contributed by atoms with Crippen LogP contribution in [0.25, 0.3) is 12.2 Å². The Hall–Kier alpha value is -2.22. The van der Waals surface area contributed by atoms with Gasteiger partial charge < -0.3 is 9.84 Å². The van der Waals surface area contributed by atoms with E-state index in [0.717, 1.165) is 11.1 Å². The summed E-state index contributed by atoms with van der Waals surface area (Å²) in [6, 6.07) is 11.7. The lowest BCUT2D eigenvalue weighted by Crippen LogP contribution is -1.84. The molecule has 0 unspecified atom stereocenters. The molecule has 0 saturated carbocycles. The van der Waals surface area contributed by atoms with Gasteiger partial charge in [0.25, 0.3) is 0 Å². The van der Waals surface area contributed by atoms with Crippen LogP contribution in [0.1, 0.15) is 22.3 Å². The van der Waals surface area contributed by atoms with E-state index in [0.29, 0.717) is 5.75 Å². The summed E-state index contributed by atoms with van der Waals surface area (Å²) in [5.41, 5.74) is 4.73. The molecule has 0 spiro atoms. The number of ether oxygens (including phenoxy) is 1. The summed E-state index contributed by atoms with van der Waals surface area (Å²) in [5, 5.41) is 9.54. The molecule has 0 aliphatic carbocycles. The predicted octanol–water partition coefficient (Wildman–Crippen LogP) is 4.19. The molecule has 0 bridgehead atoms. The van der Waals surface area contributed by atoms with Crippen molar-refractivity contribution in [1.82, 2.24) is 0 Å². The van der Waals surface area contributed by atoms with Gasteiger partial charge in [-0.05, 0) is 48.2 Å². The van der Waals surface area contributed by atoms with Crippen molar-refractivity contribution in [3.8, 4) is 11.5 Å². The third-order valence-electron chi connectivity index (χ3n) is 3.20. The minimum absolute atomic E-state index is 0.158. The van der Waals surface area contributed by atoms with Gasteiger partial charge in [0.2, 0.25) is 0 Å². The van der Waals surface area contributed by atoms with Gasteiger partial charge in [-0.3, -0.25) is 0 Å². The van der Waals surface area contributed by atoms with E-state index in [1.54, 1.807) is 13.2 Å². The van der Waals surface area contributed by atoms with Crippen molar-refractivity contribution in [2.45, 2.75) is 13.8 Å². The van der Waals surface area contributed by atoms with Crippen molar-refractivity contribution >= 4 is 12.2 Å². The van der Waals surface area contributed by atoms with Crippen molar-refractivity contribution in [2.24, 2.45) is 0 Å². The van der Waals surface area contributed by atoms with Gasteiger partial charge in [-0.2, -0.15) is 0 Å². The van der Waals surface area contributed by atoms with E-state index in [2.05, 4.69) is 38.1 Å². The maximum Gasteiger partial charge on any atom is 0.161 e. The van der Waals surface area contributed by atoms with Gasteiger partial charge in [0.15, 0.2) is 11.5 Å². The van der Waals surface area contributed by atoms with Crippen LogP contribution in [0, 0.1) is 13.8 Å². The SMILES string of the molecule is COc1cc(/C=C/c2ccc(C)c(C)c2)ccc1O. The average Bonchev–Trinajstić information content (AvgIpc) is 2.41. The van der Waals surface area contributed by atoms with E-state index >= 15 is 0 Å². The summed E-state index contributed by atoms with van der Waals surface area (Å²) in [6.07, 6.45) is 4.06. The van der Waals surface area contributed by atoms with Crippen LogP contribution < -0.4 is 4.74 Å². The Morgan fingerprint density at radius 2 is 1.53 bits per heavy atom. The highest BCUT2D eigenvalue weighted by molar-refractivity contribution is 5.71. The number of phenols is 1. The zero-order chi connectivity index (χ0) is 13.8. The lowest BCUT2D eigenvalue weighted by molar-refractivity contribution is 0.373. The number of aromatic hydroxyl groups is 1. The van der Waals surface area contributed by atoms with Gasteiger partial charge in [0, 0.05) is 0 Å². The Balaban J connectivity index is 2.24. The summed E-state index contributed by atoms with van der Waals surface area (Å²) in [6.45, 7) is 4.21. The summed E-state index contributed by atoms with van der Waals surface area (Å²) < 4.78 is 5.09. The van der Waals surface area contributed by atoms with E-state index in [9.17, 15) is 5.11 Å². The average molecular weight is 254 g/mol. The maximum atomic E-state index is 9.54. The lowest BCUT2D eigenvalue weighted by Gasteiger charge is -2.04. The Bertz CT molecular complexity index is 613. The van der Waals surface area contributed by atoms with Crippen LogP contribution in [0.3, 0.4) is 0 Å². The molecule has 0 amide bonds. The minimum atomic E-state index is 0.158. The van der Waals surface area contributed by atoms with Gasteiger partial charge >= 0.3 is 0 Å². The number of rotatable bonds is 3. The molecule has 0 aromatic heterocycles. The second-order valence-electron chi connectivity index (χ2n) is 4.61. The molecule has 0 fully saturated rings. The van der Waals surface area contributed by atoms with Gasteiger partial charge in [-0.15, -0.1) is 0 Å². The maximum absolute atomic E-state index is 9.54. The van der Waals surface area contributed by atoms with E-state index in [1.165, 1.54) is 11.1 Å². The first-order valence-electron chi connectivity index (χ1n) is 6.22. The molecule has 0 heterocycles. The van der Waals surface area contributed by atoms with Crippen LogP contribution in [-0.2, 0) is 0 Å². The number of hydrogen-bond acceptors (Lipinski definition) is 2. The highest BCUT2D eigenvalue weighted by atomic mass is 16.5. The summed E-state index contributed by atoms with van der Waals surface area (Å²) in [4.78, 5) is 0. The minimum Gasteiger partial charge on any atom is -0.504 e. The highest BCUT2D eigenvalue weighted by Gasteiger charge is 2.00. The first-order valence-corrected chi connectivity index (χ1v) is 6.22. The van der Waals surface area contributed by atoms with Crippen molar-refractivity contribution < 1.29 is 9.84 Å². The second kappa shape index (κ2) is 5.61. The molecule has 0 radical (unpaired) electrons. The first kappa shape index (κ1) is 13.2. The van der Waals surface area contributed by atoms with Crippen molar-refractivity contribution in [1.29, 1.82) is 0 Å². The Morgan fingerprint density at radius 1 is 0.895 bits per heavy atom. The molecule has 2 heteroatoms. The molecule has 1 N–H and O–H groups in total. The topological polar surface area (TPSA) is 29.5 Å². The molecule has 2 nitrogen and oxygen atoms in total. The molecule has 98 valence electrons. The smallest absolute Gasteiger partial charge is 0.161 e. The van der Waals surface area contributed by atoms with Crippen molar-refractivity contribution in [3.63, 3.8) is 0 Å². The van der Waals surface area contributed by atoms with Crippen LogP contribution in [0.4, 0.5) is 0 Å². The molecule has 2 rings (SSSR count). The third kappa shape index (κ3) is 3.16. The monoisotopic (exact) mass is 254 g/mol. The standard InChI is InChI=1S/C17H18O2/c1-12-4-5-14(10-13(12)2)6-7-15-8-9-16(18)17(11-15)19-3/h4-11,18H,1-3H3/b7-6+. The van der Waals surface area contributed by atoms with Crippen LogP contribution >= 0.6 is 0 Å². The second-order valence-corrected chi connectivity index (χ2v) is 4.61. The van der Waals surface area contributed by atoms with Gasteiger partial charge in [-0.1, -0.05) is 36.4 Å². The zero-order valence-electron chi connectivity index (χ0n) is 11.5. The largest absolute Gasteiger partial charge is 0.504 e. The number of hydrogen-bond donors (Lipinski definition) is 1. The zero-order valence-corrected chi connectivity index (χ0v) is 11.5. The molecule has 0 atom stereocenters. The van der Waals surface area contributed by atoms with E-state index < -0.39 is 0 Å². The van der Waals surface area contributed by atoms with Crippen molar-refractivity contribution in [2.75, 3.05) is 7.11 Å². The number of methoxy groups -OCH3 is 1.